The summed E-state index contributed by atoms with van der Waals surface area (Å²) in [6, 6.07) is 16.4. The summed E-state index contributed by atoms with van der Waals surface area (Å²) in [5.41, 5.74) is 6.38. The number of H-pyrrole nitrogens is 1. The maximum Gasteiger partial charge on any atom is 0.321 e. The first kappa shape index (κ1) is 13.6. The van der Waals surface area contributed by atoms with E-state index in [0.29, 0.717) is 6.54 Å². The first-order chi connectivity index (χ1) is 11.2. The number of nitrogens with one attached hydrogen (secondary N) is 2. The van der Waals surface area contributed by atoms with Crippen molar-refractivity contribution in [3.8, 4) is 22.4 Å². The first-order valence-corrected chi connectivity index (χ1v) is 7.46. The molecule has 0 aliphatic carbocycles. The average molecular weight is 304 g/mol. The van der Waals surface area contributed by atoms with Crippen molar-refractivity contribution in [2.24, 2.45) is 0 Å². The fourth-order valence-corrected chi connectivity index (χ4v) is 2.85. The maximum absolute atomic E-state index is 11.7. The predicted molar refractivity (Wildman–Crippen MR) is 89.9 cm³/mol. The Bertz CT molecular complexity index is 870. The van der Waals surface area contributed by atoms with Gasteiger partial charge in [0.05, 0.1) is 5.69 Å². The van der Waals surface area contributed by atoms with Gasteiger partial charge >= 0.3 is 6.03 Å². The molecule has 2 amide bonds. The zero-order chi connectivity index (χ0) is 15.8. The number of fused-ring (bicyclic) bond motifs is 1. The lowest BCUT2D eigenvalue weighted by molar-refractivity contribution is 0.218. The van der Waals surface area contributed by atoms with Gasteiger partial charge in [-0.05, 0) is 41.0 Å². The number of amides is 2. The van der Waals surface area contributed by atoms with Crippen molar-refractivity contribution in [3.63, 3.8) is 0 Å². The summed E-state index contributed by atoms with van der Waals surface area (Å²) in [4.78, 5) is 13.4. The zero-order valence-electron chi connectivity index (χ0n) is 12.7. The van der Waals surface area contributed by atoms with Crippen LogP contribution in [0.2, 0.25) is 0 Å². The van der Waals surface area contributed by atoms with Gasteiger partial charge in [-0.2, -0.15) is 5.10 Å². The molecule has 0 spiro atoms. The topological polar surface area (TPSA) is 61.0 Å². The number of anilines is 1. The van der Waals surface area contributed by atoms with Crippen molar-refractivity contribution >= 4 is 11.7 Å². The second-order valence-electron chi connectivity index (χ2n) is 5.71. The molecule has 2 N–H and O–H groups in total. The van der Waals surface area contributed by atoms with Crippen LogP contribution in [-0.4, -0.2) is 28.2 Å². The summed E-state index contributed by atoms with van der Waals surface area (Å²) in [5.74, 6) is 0. The van der Waals surface area contributed by atoms with E-state index in [1.165, 1.54) is 0 Å². The molecule has 1 aromatic heterocycles. The number of urea groups is 1. The van der Waals surface area contributed by atoms with Crippen molar-refractivity contribution in [2.75, 3.05) is 12.4 Å². The van der Waals surface area contributed by atoms with Crippen LogP contribution in [0.15, 0.2) is 54.7 Å². The Kier molecular flexibility index (Phi) is 3.12. The van der Waals surface area contributed by atoms with E-state index in [4.69, 9.17) is 0 Å². The van der Waals surface area contributed by atoms with Crippen LogP contribution in [0.1, 0.15) is 5.56 Å². The summed E-state index contributed by atoms with van der Waals surface area (Å²) in [6.45, 7) is 0.620. The van der Waals surface area contributed by atoms with Gasteiger partial charge in [0.2, 0.25) is 0 Å². The summed E-state index contributed by atoms with van der Waals surface area (Å²) >= 11 is 0. The summed E-state index contributed by atoms with van der Waals surface area (Å²) < 4.78 is 0. The number of rotatable bonds is 2. The Morgan fingerprint density at radius 2 is 1.87 bits per heavy atom. The van der Waals surface area contributed by atoms with Crippen LogP contribution < -0.4 is 5.32 Å². The largest absolute Gasteiger partial charge is 0.323 e. The predicted octanol–water partition coefficient (Wildman–Crippen LogP) is 3.72. The van der Waals surface area contributed by atoms with Crippen molar-refractivity contribution in [1.82, 2.24) is 15.1 Å². The molecule has 0 bridgehead atoms. The van der Waals surface area contributed by atoms with E-state index in [9.17, 15) is 4.79 Å². The molecule has 1 aliphatic rings. The molecule has 2 heterocycles. The van der Waals surface area contributed by atoms with E-state index in [2.05, 4.69) is 39.8 Å². The normalized spacial score (nSPS) is 13.6. The third kappa shape index (κ3) is 2.46. The monoisotopic (exact) mass is 304 g/mol. The van der Waals surface area contributed by atoms with Gasteiger partial charge < -0.3 is 10.2 Å². The number of benzene rings is 2. The molecule has 2 aromatic carbocycles. The van der Waals surface area contributed by atoms with E-state index >= 15 is 0 Å². The van der Waals surface area contributed by atoms with Gasteiger partial charge in [0, 0.05) is 31.0 Å². The SMILES string of the molecule is CN1Cc2cc(-c3cccc(-c4ccn[nH]4)c3)ccc2NC1=O. The Hall–Kier alpha value is -3.08. The van der Waals surface area contributed by atoms with Crippen LogP contribution in [0.25, 0.3) is 22.4 Å². The van der Waals surface area contributed by atoms with Crippen molar-refractivity contribution in [3.05, 3.63) is 60.3 Å². The molecule has 0 atom stereocenters. The van der Waals surface area contributed by atoms with Crippen LogP contribution >= 0.6 is 0 Å². The molecule has 0 saturated carbocycles. The molecule has 114 valence electrons. The summed E-state index contributed by atoms with van der Waals surface area (Å²) in [6.07, 6.45) is 1.75. The highest BCUT2D eigenvalue weighted by Crippen LogP contribution is 2.30. The maximum atomic E-state index is 11.7. The highest BCUT2D eigenvalue weighted by atomic mass is 16.2. The second kappa shape index (κ2) is 5.28. The molecular formula is C18H16N4O. The molecule has 23 heavy (non-hydrogen) atoms. The molecule has 0 radical (unpaired) electrons. The van der Waals surface area contributed by atoms with Crippen molar-refractivity contribution in [2.45, 2.75) is 6.54 Å². The van der Waals surface area contributed by atoms with Gasteiger partial charge in [-0.3, -0.25) is 5.10 Å². The third-order valence-corrected chi connectivity index (χ3v) is 4.11. The molecule has 0 fully saturated rings. The minimum atomic E-state index is -0.0634. The summed E-state index contributed by atoms with van der Waals surface area (Å²) in [5, 5.41) is 9.89. The Morgan fingerprint density at radius 1 is 1.04 bits per heavy atom. The lowest BCUT2D eigenvalue weighted by Gasteiger charge is -2.26. The zero-order valence-corrected chi connectivity index (χ0v) is 12.7. The minimum Gasteiger partial charge on any atom is -0.323 e. The van der Waals surface area contributed by atoms with Crippen LogP contribution in [0.4, 0.5) is 10.5 Å². The molecule has 5 heteroatoms. The van der Waals surface area contributed by atoms with Crippen LogP contribution in [-0.2, 0) is 6.54 Å². The van der Waals surface area contributed by atoms with Gasteiger partial charge in [0.15, 0.2) is 0 Å². The van der Waals surface area contributed by atoms with Crippen molar-refractivity contribution < 1.29 is 4.79 Å². The Labute approximate surface area is 134 Å². The quantitative estimate of drug-likeness (QED) is 0.758. The lowest BCUT2D eigenvalue weighted by Crippen LogP contribution is -2.35. The summed E-state index contributed by atoms with van der Waals surface area (Å²) in [7, 11) is 1.80. The van der Waals surface area contributed by atoms with Crippen molar-refractivity contribution in [1.29, 1.82) is 0 Å². The highest BCUT2D eigenvalue weighted by Gasteiger charge is 2.19. The lowest BCUT2D eigenvalue weighted by atomic mass is 9.98. The van der Waals surface area contributed by atoms with E-state index < -0.39 is 0 Å². The molecule has 1 aliphatic heterocycles. The van der Waals surface area contributed by atoms with E-state index in [1.807, 2.05) is 24.3 Å². The van der Waals surface area contributed by atoms with Gasteiger partial charge in [-0.1, -0.05) is 24.3 Å². The van der Waals surface area contributed by atoms with Crippen LogP contribution in [0, 0.1) is 0 Å². The second-order valence-corrected chi connectivity index (χ2v) is 5.71. The number of hydrogen-bond acceptors (Lipinski definition) is 2. The first-order valence-electron chi connectivity index (χ1n) is 7.46. The average Bonchev–Trinajstić information content (AvgIpc) is 3.10. The number of carbonyl (C=O) groups is 1. The fraction of sp³-hybridized carbons (Fsp3) is 0.111. The van der Waals surface area contributed by atoms with Gasteiger partial charge in [-0.15, -0.1) is 0 Å². The van der Waals surface area contributed by atoms with E-state index in [1.54, 1.807) is 18.1 Å². The molecular weight excluding hydrogens is 288 g/mol. The molecule has 5 nitrogen and oxygen atoms in total. The highest BCUT2D eigenvalue weighted by molar-refractivity contribution is 5.92. The third-order valence-electron chi connectivity index (χ3n) is 4.11. The Morgan fingerprint density at radius 3 is 2.70 bits per heavy atom. The number of nitrogens with zero attached hydrogens (tertiary/aromatic N) is 2. The number of aromatic nitrogens is 2. The smallest absolute Gasteiger partial charge is 0.321 e. The number of carbonyl (C=O) groups excluding carboxylic acids is 1. The standard InChI is InChI=1S/C18H16N4O/c1-22-11-15-10-13(5-6-16(15)20-18(22)23)12-3-2-4-14(9-12)17-7-8-19-21-17/h2-10H,11H2,1H3,(H,19,21)(H,20,23). The van der Waals surface area contributed by atoms with Gasteiger partial charge in [0.1, 0.15) is 0 Å². The minimum absolute atomic E-state index is 0.0634. The van der Waals surface area contributed by atoms with E-state index in [0.717, 1.165) is 33.6 Å². The van der Waals surface area contributed by atoms with E-state index in [-0.39, 0.29) is 6.03 Å². The Balaban J connectivity index is 1.73. The fourth-order valence-electron chi connectivity index (χ4n) is 2.85. The van der Waals surface area contributed by atoms with Gasteiger partial charge in [-0.25, -0.2) is 4.79 Å². The molecule has 3 aromatic rings. The van der Waals surface area contributed by atoms with Gasteiger partial charge in [0.25, 0.3) is 0 Å². The molecule has 0 saturated heterocycles. The van der Waals surface area contributed by atoms with Crippen LogP contribution in [0.5, 0.6) is 0 Å². The molecule has 0 unspecified atom stereocenters. The number of aromatic amines is 1. The number of hydrogen-bond donors (Lipinski definition) is 2. The molecule has 4 rings (SSSR count). The van der Waals surface area contributed by atoms with Crippen LogP contribution in [0.3, 0.4) is 0 Å².